The third kappa shape index (κ3) is 2.90. The van der Waals surface area contributed by atoms with Crippen LogP contribution in [0.4, 0.5) is 0 Å². The van der Waals surface area contributed by atoms with Crippen LogP contribution in [0.25, 0.3) is 11.2 Å². The predicted octanol–water partition coefficient (Wildman–Crippen LogP) is 2.29. The molecule has 7 nitrogen and oxygen atoms in total. The Bertz CT molecular complexity index is 827. The minimum Gasteiger partial charge on any atom is -0.341 e. The first-order chi connectivity index (χ1) is 11.1. The second-order valence-electron chi connectivity index (χ2n) is 5.57. The number of rotatable bonds is 4. The van der Waals surface area contributed by atoms with Gasteiger partial charge in [-0.25, -0.2) is 15.0 Å². The van der Waals surface area contributed by atoms with Crippen LogP contribution < -0.4 is 5.32 Å². The molecule has 1 amide bonds. The van der Waals surface area contributed by atoms with E-state index in [0.29, 0.717) is 0 Å². The Hall–Kier alpha value is -2.83. The molecule has 0 saturated heterocycles. The van der Waals surface area contributed by atoms with E-state index >= 15 is 0 Å². The van der Waals surface area contributed by atoms with Crippen LogP contribution in [0.2, 0.25) is 0 Å². The van der Waals surface area contributed by atoms with Gasteiger partial charge < -0.3 is 9.88 Å². The molecule has 3 aromatic heterocycles. The molecule has 3 rings (SSSR count). The lowest BCUT2D eigenvalue weighted by molar-refractivity contribution is 0.0932. The molecule has 7 heteroatoms. The Morgan fingerprint density at radius 1 is 1.17 bits per heavy atom. The van der Waals surface area contributed by atoms with Crippen LogP contribution in [0.3, 0.4) is 0 Å². The summed E-state index contributed by atoms with van der Waals surface area (Å²) in [5, 5.41) is 2.92. The molecule has 0 bridgehead atoms. The third-order valence-electron chi connectivity index (χ3n) is 3.52. The second-order valence-corrected chi connectivity index (χ2v) is 5.57. The van der Waals surface area contributed by atoms with Crippen molar-refractivity contribution in [1.29, 1.82) is 0 Å². The minimum atomic E-state index is -0.277. The van der Waals surface area contributed by atoms with Gasteiger partial charge in [0.25, 0.3) is 5.91 Å². The Balaban J connectivity index is 1.93. The number of carbonyl (C=O) groups is 1. The maximum Gasteiger partial charge on any atom is 0.272 e. The Morgan fingerprint density at radius 2 is 2.00 bits per heavy atom. The number of amides is 1. The number of fused-ring (bicyclic) bond motifs is 1. The highest BCUT2D eigenvalue weighted by Crippen LogP contribution is 2.23. The fraction of sp³-hybridized carbons (Fsp3) is 0.312. The molecule has 23 heavy (non-hydrogen) atoms. The van der Waals surface area contributed by atoms with E-state index in [4.69, 9.17) is 0 Å². The standard InChI is InChI=1S/C16H18N6O/c1-10(2)22-14(21-12-5-4-6-19-15(12)22)11(3)20-16(23)13-9-17-7-8-18-13/h4-11H,1-3H3,(H,20,23)/t11-/m0/s1. The van der Waals surface area contributed by atoms with Crippen LogP contribution in [-0.4, -0.2) is 30.4 Å². The molecule has 0 radical (unpaired) electrons. The molecule has 0 aliphatic rings. The summed E-state index contributed by atoms with van der Waals surface area (Å²) in [5.74, 6) is 0.492. The summed E-state index contributed by atoms with van der Waals surface area (Å²) in [7, 11) is 0. The van der Waals surface area contributed by atoms with Gasteiger partial charge in [0.15, 0.2) is 5.65 Å². The third-order valence-corrected chi connectivity index (χ3v) is 3.52. The van der Waals surface area contributed by atoms with Gasteiger partial charge >= 0.3 is 0 Å². The number of aromatic nitrogens is 5. The van der Waals surface area contributed by atoms with Crippen LogP contribution in [0.15, 0.2) is 36.9 Å². The molecule has 0 unspecified atom stereocenters. The second kappa shape index (κ2) is 6.12. The van der Waals surface area contributed by atoms with Gasteiger partial charge in [-0.1, -0.05) is 0 Å². The van der Waals surface area contributed by atoms with E-state index in [1.807, 2.05) is 23.6 Å². The Kier molecular flexibility index (Phi) is 4.01. The van der Waals surface area contributed by atoms with Gasteiger partial charge in [-0.3, -0.25) is 9.78 Å². The van der Waals surface area contributed by atoms with Gasteiger partial charge in [0, 0.05) is 24.6 Å². The smallest absolute Gasteiger partial charge is 0.272 e. The monoisotopic (exact) mass is 310 g/mol. The van der Waals surface area contributed by atoms with Gasteiger partial charge in [0.2, 0.25) is 0 Å². The lowest BCUT2D eigenvalue weighted by Gasteiger charge is -2.18. The maximum absolute atomic E-state index is 12.3. The number of carbonyl (C=O) groups excluding carboxylic acids is 1. The van der Waals surface area contributed by atoms with E-state index in [1.165, 1.54) is 18.6 Å². The van der Waals surface area contributed by atoms with Crippen molar-refractivity contribution in [1.82, 2.24) is 29.8 Å². The summed E-state index contributed by atoms with van der Waals surface area (Å²) in [4.78, 5) is 29.2. The van der Waals surface area contributed by atoms with E-state index in [-0.39, 0.29) is 23.7 Å². The summed E-state index contributed by atoms with van der Waals surface area (Å²) < 4.78 is 2.04. The zero-order valence-electron chi connectivity index (χ0n) is 13.3. The number of hydrogen-bond acceptors (Lipinski definition) is 5. The van der Waals surface area contributed by atoms with E-state index in [9.17, 15) is 4.79 Å². The molecule has 1 N–H and O–H groups in total. The number of nitrogens with zero attached hydrogens (tertiary/aromatic N) is 5. The molecule has 0 aliphatic heterocycles. The number of pyridine rings is 1. The van der Waals surface area contributed by atoms with Crippen molar-refractivity contribution < 1.29 is 4.79 Å². The van der Waals surface area contributed by atoms with Crippen molar-refractivity contribution >= 4 is 17.1 Å². The lowest BCUT2D eigenvalue weighted by atomic mass is 10.2. The fourth-order valence-corrected chi connectivity index (χ4v) is 2.51. The molecule has 1 atom stereocenters. The van der Waals surface area contributed by atoms with E-state index in [0.717, 1.165) is 17.0 Å². The largest absolute Gasteiger partial charge is 0.341 e. The molecule has 0 spiro atoms. The molecule has 0 fully saturated rings. The predicted molar refractivity (Wildman–Crippen MR) is 85.8 cm³/mol. The number of imidazole rings is 1. The molecule has 118 valence electrons. The summed E-state index contributed by atoms with van der Waals surface area (Å²) in [6, 6.07) is 3.68. The van der Waals surface area contributed by atoms with Crippen molar-refractivity contribution in [2.24, 2.45) is 0 Å². The van der Waals surface area contributed by atoms with Crippen molar-refractivity contribution in [3.63, 3.8) is 0 Å². The zero-order chi connectivity index (χ0) is 16.4. The lowest BCUT2D eigenvalue weighted by Crippen LogP contribution is -2.29. The van der Waals surface area contributed by atoms with Crippen LogP contribution in [0.1, 0.15) is 49.2 Å². The van der Waals surface area contributed by atoms with Gasteiger partial charge in [0.05, 0.1) is 12.2 Å². The molecule has 0 aliphatic carbocycles. The fourth-order valence-electron chi connectivity index (χ4n) is 2.51. The summed E-state index contributed by atoms with van der Waals surface area (Å²) in [6.07, 6.45) is 6.21. The summed E-state index contributed by atoms with van der Waals surface area (Å²) >= 11 is 0. The Labute approximate surface area is 133 Å². The average molecular weight is 310 g/mol. The molecule has 0 aromatic carbocycles. The van der Waals surface area contributed by atoms with Gasteiger partial charge in [-0.15, -0.1) is 0 Å². The quantitative estimate of drug-likeness (QED) is 0.799. The van der Waals surface area contributed by atoms with Crippen LogP contribution in [0, 0.1) is 0 Å². The number of hydrogen-bond donors (Lipinski definition) is 1. The van der Waals surface area contributed by atoms with E-state index in [2.05, 4.69) is 39.1 Å². The van der Waals surface area contributed by atoms with E-state index < -0.39 is 0 Å². The first kappa shape index (κ1) is 15.1. The molecule has 3 heterocycles. The van der Waals surface area contributed by atoms with Crippen LogP contribution in [0.5, 0.6) is 0 Å². The average Bonchev–Trinajstić information content (AvgIpc) is 2.95. The van der Waals surface area contributed by atoms with Crippen molar-refractivity contribution in [2.75, 3.05) is 0 Å². The topological polar surface area (TPSA) is 85.6 Å². The van der Waals surface area contributed by atoms with Crippen LogP contribution >= 0.6 is 0 Å². The SMILES string of the molecule is CC(C)n1c([C@H](C)NC(=O)c2cnccn2)nc2cccnc21. The summed E-state index contributed by atoms with van der Waals surface area (Å²) in [5.41, 5.74) is 1.92. The van der Waals surface area contributed by atoms with E-state index in [1.54, 1.807) is 6.20 Å². The van der Waals surface area contributed by atoms with Gasteiger partial charge in [0.1, 0.15) is 17.0 Å². The molecule has 3 aromatic rings. The van der Waals surface area contributed by atoms with Gasteiger partial charge in [-0.2, -0.15) is 0 Å². The zero-order valence-corrected chi connectivity index (χ0v) is 13.3. The summed E-state index contributed by atoms with van der Waals surface area (Å²) in [6.45, 7) is 6.03. The number of nitrogens with one attached hydrogen (secondary N) is 1. The normalized spacial score (nSPS) is 12.5. The molecular formula is C16H18N6O. The molecular weight excluding hydrogens is 292 g/mol. The van der Waals surface area contributed by atoms with Crippen molar-refractivity contribution in [3.05, 3.63) is 48.4 Å². The Morgan fingerprint density at radius 3 is 2.70 bits per heavy atom. The van der Waals surface area contributed by atoms with Gasteiger partial charge in [-0.05, 0) is 32.9 Å². The van der Waals surface area contributed by atoms with Crippen LogP contribution in [-0.2, 0) is 0 Å². The molecule has 0 saturated carbocycles. The first-order valence-corrected chi connectivity index (χ1v) is 7.47. The maximum atomic E-state index is 12.3. The highest BCUT2D eigenvalue weighted by atomic mass is 16.1. The minimum absolute atomic E-state index is 0.181. The highest BCUT2D eigenvalue weighted by molar-refractivity contribution is 5.92. The van der Waals surface area contributed by atoms with Crippen molar-refractivity contribution in [2.45, 2.75) is 32.9 Å². The first-order valence-electron chi connectivity index (χ1n) is 7.47. The highest BCUT2D eigenvalue weighted by Gasteiger charge is 2.21. The van der Waals surface area contributed by atoms with Crippen molar-refractivity contribution in [3.8, 4) is 0 Å².